The largest absolute Gasteiger partial charge is 0.508 e. The van der Waals surface area contributed by atoms with E-state index in [-0.39, 0.29) is 23.3 Å². The van der Waals surface area contributed by atoms with Crippen LogP contribution in [0, 0.1) is 0 Å². The lowest BCUT2D eigenvalue weighted by Crippen LogP contribution is -2.33. The standard InChI is InChI=1S/C26H25N3O4S/c30-19-6-4-17(5-7-19)25-23(21-9-8-20(31)14-22(21)34-25)24(32)18-15-27-26(28-16-18)33-13-12-29-10-2-1-3-11-29/h4-9,14-16,30-31H,1-3,10-13H2. The number of piperidine rings is 1. The summed E-state index contributed by atoms with van der Waals surface area (Å²) in [6.45, 7) is 3.56. The highest BCUT2D eigenvalue weighted by molar-refractivity contribution is 7.22. The third-order valence-electron chi connectivity index (χ3n) is 6.01. The van der Waals surface area contributed by atoms with Crippen molar-refractivity contribution in [3.8, 4) is 28.0 Å². The molecule has 2 N–H and O–H groups in total. The highest BCUT2D eigenvalue weighted by Crippen LogP contribution is 2.41. The van der Waals surface area contributed by atoms with Crippen molar-refractivity contribution in [2.75, 3.05) is 26.2 Å². The molecule has 1 aliphatic rings. The minimum Gasteiger partial charge on any atom is -0.508 e. The molecule has 0 saturated carbocycles. The smallest absolute Gasteiger partial charge is 0.316 e. The number of nitrogens with zero attached hydrogens (tertiary/aromatic N) is 3. The fraction of sp³-hybridized carbons (Fsp3) is 0.269. The van der Waals surface area contributed by atoms with Crippen LogP contribution in [-0.4, -0.2) is 57.1 Å². The molecule has 5 rings (SSSR count). The van der Waals surface area contributed by atoms with Gasteiger partial charge in [0, 0.05) is 39.5 Å². The first-order valence-corrected chi connectivity index (χ1v) is 12.2. The average molecular weight is 476 g/mol. The monoisotopic (exact) mass is 475 g/mol. The molecular formula is C26H25N3O4S. The van der Waals surface area contributed by atoms with Crippen LogP contribution in [0.4, 0.5) is 0 Å². The van der Waals surface area contributed by atoms with Gasteiger partial charge in [0.15, 0.2) is 5.78 Å². The Morgan fingerprint density at radius 2 is 1.68 bits per heavy atom. The van der Waals surface area contributed by atoms with Gasteiger partial charge >= 0.3 is 6.01 Å². The van der Waals surface area contributed by atoms with Gasteiger partial charge in [-0.2, -0.15) is 0 Å². The molecular weight excluding hydrogens is 450 g/mol. The van der Waals surface area contributed by atoms with Crippen LogP contribution in [-0.2, 0) is 0 Å². The van der Waals surface area contributed by atoms with E-state index < -0.39 is 0 Å². The second-order valence-electron chi connectivity index (χ2n) is 8.37. The van der Waals surface area contributed by atoms with Gasteiger partial charge in [0.25, 0.3) is 0 Å². The molecule has 0 unspecified atom stereocenters. The molecule has 34 heavy (non-hydrogen) atoms. The van der Waals surface area contributed by atoms with Gasteiger partial charge < -0.3 is 14.9 Å². The van der Waals surface area contributed by atoms with E-state index >= 15 is 0 Å². The molecule has 0 radical (unpaired) electrons. The first-order chi connectivity index (χ1) is 16.6. The zero-order chi connectivity index (χ0) is 23.5. The lowest BCUT2D eigenvalue weighted by atomic mass is 9.99. The topological polar surface area (TPSA) is 95.8 Å². The number of likely N-dealkylation sites (tertiary alicyclic amines) is 1. The number of phenols is 2. The van der Waals surface area contributed by atoms with Crippen molar-refractivity contribution in [1.29, 1.82) is 0 Å². The number of hydrogen-bond donors (Lipinski definition) is 2. The Morgan fingerprint density at radius 1 is 0.971 bits per heavy atom. The minimum absolute atomic E-state index is 0.138. The normalized spacial score (nSPS) is 14.4. The Morgan fingerprint density at radius 3 is 2.41 bits per heavy atom. The van der Waals surface area contributed by atoms with Crippen LogP contribution in [0.1, 0.15) is 35.2 Å². The Labute approximate surface area is 201 Å². The number of ether oxygens (including phenoxy) is 1. The highest BCUT2D eigenvalue weighted by atomic mass is 32.1. The maximum absolute atomic E-state index is 13.6. The highest BCUT2D eigenvalue weighted by Gasteiger charge is 2.22. The summed E-state index contributed by atoms with van der Waals surface area (Å²) in [5, 5.41) is 20.3. The number of carbonyl (C=O) groups is 1. The number of hydrogen-bond acceptors (Lipinski definition) is 8. The van der Waals surface area contributed by atoms with Crippen molar-refractivity contribution in [2.24, 2.45) is 0 Å². The SMILES string of the molecule is O=C(c1cnc(OCCN2CCCCC2)nc1)c1c(-c2ccc(O)cc2)sc2cc(O)ccc12. The van der Waals surface area contributed by atoms with Crippen LogP contribution in [0.2, 0.25) is 0 Å². The van der Waals surface area contributed by atoms with E-state index in [0.29, 0.717) is 17.7 Å². The summed E-state index contributed by atoms with van der Waals surface area (Å²) in [5.41, 5.74) is 1.68. The number of aromatic nitrogens is 2. The van der Waals surface area contributed by atoms with E-state index in [1.807, 2.05) is 0 Å². The van der Waals surface area contributed by atoms with Gasteiger partial charge in [0.05, 0.1) is 5.56 Å². The zero-order valence-electron chi connectivity index (χ0n) is 18.6. The third-order valence-corrected chi connectivity index (χ3v) is 7.21. The Hall–Kier alpha value is -3.49. The summed E-state index contributed by atoms with van der Waals surface area (Å²) in [5.74, 6) is 0.0823. The van der Waals surface area contributed by atoms with Gasteiger partial charge in [-0.15, -0.1) is 11.3 Å². The number of thiophene rings is 1. The lowest BCUT2D eigenvalue weighted by Gasteiger charge is -2.25. The molecule has 0 bridgehead atoms. The Balaban J connectivity index is 1.39. The molecule has 3 heterocycles. The quantitative estimate of drug-likeness (QED) is 0.368. The van der Waals surface area contributed by atoms with E-state index in [1.165, 1.54) is 43.0 Å². The molecule has 1 saturated heterocycles. The number of benzene rings is 2. The Kier molecular flexibility index (Phi) is 6.42. The van der Waals surface area contributed by atoms with E-state index in [4.69, 9.17) is 4.74 Å². The summed E-state index contributed by atoms with van der Waals surface area (Å²) in [7, 11) is 0. The van der Waals surface area contributed by atoms with E-state index in [0.717, 1.165) is 40.2 Å². The fourth-order valence-electron chi connectivity index (χ4n) is 4.23. The van der Waals surface area contributed by atoms with Crippen molar-refractivity contribution < 1.29 is 19.7 Å². The number of ketones is 1. The van der Waals surface area contributed by atoms with Crippen molar-refractivity contribution in [3.05, 3.63) is 66.0 Å². The predicted octanol–water partition coefficient (Wildman–Crippen LogP) is 4.87. The number of carbonyl (C=O) groups excluding carboxylic acids is 1. The molecule has 4 aromatic rings. The molecule has 0 aliphatic carbocycles. The summed E-state index contributed by atoms with van der Waals surface area (Å²) in [4.78, 5) is 25.2. The average Bonchev–Trinajstić information content (AvgIpc) is 3.23. The maximum Gasteiger partial charge on any atom is 0.316 e. The molecule has 0 atom stereocenters. The van der Waals surface area contributed by atoms with E-state index in [1.54, 1.807) is 42.5 Å². The van der Waals surface area contributed by atoms with Gasteiger partial charge in [0.2, 0.25) is 0 Å². The van der Waals surface area contributed by atoms with Crippen molar-refractivity contribution in [3.63, 3.8) is 0 Å². The van der Waals surface area contributed by atoms with Crippen LogP contribution >= 0.6 is 11.3 Å². The second kappa shape index (κ2) is 9.79. The molecule has 174 valence electrons. The zero-order valence-corrected chi connectivity index (χ0v) is 19.4. The lowest BCUT2D eigenvalue weighted by molar-refractivity contribution is 0.104. The molecule has 7 nitrogen and oxygen atoms in total. The summed E-state index contributed by atoms with van der Waals surface area (Å²) in [6, 6.07) is 11.9. The van der Waals surface area contributed by atoms with E-state index in [2.05, 4.69) is 14.9 Å². The predicted molar refractivity (Wildman–Crippen MR) is 132 cm³/mol. The Bertz CT molecular complexity index is 1300. The molecule has 0 spiro atoms. The molecule has 0 amide bonds. The minimum atomic E-state index is -0.208. The maximum atomic E-state index is 13.6. The summed E-state index contributed by atoms with van der Waals surface area (Å²) >= 11 is 1.42. The van der Waals surface area contributed by atoms with Gasteiger partial charge in [-0.3, -0.25) is 9.69 Å². The summed E-state index contributed by atoms with van der Waals surface area (Å²) < 4.78 is 6.49. The van der Waals surface area contributed by atoms with Crippen LogP contribution in [0.15, 0.2) is 54.9 Å². The fourth-order valence-corrected chi connectivity index (χ4v) is 5.47. The van der Waals surface area contributed by atoms with Gasteiger partial charge in [-0.1, -0.05) is 6.42 Å². The number of fused-ring (bicyclic) bond motifs is 1. The van der Waals surface area contributed by atoms with Crippen molar-refractivity contribution in [1.82, 2.24) is 14.9 Å². The number of phenolic OH excluding ortho intramolecular Hbond substituents is 2. The molecule has 1 fully saturated rings. The molecule has 2 aromatic carbocycles. The molecule has 8 heteroatoms. The molecule has 1 aliphatic heterocycles. The van der Waals surface area contributed by atoms with Crippen LogP contribution < -0.4 is 4.74 Å². The van der Waals surface area contributed by atoms with E-state index in [9.17, 15) is 15.0 Å². The van der Waals surface area contributed by atoms with Gasteiger partial charge in [-0.25, -0.2) is 9.97 Å². The third kappa shape index (κ3) is 4.73. The molecule has 2 aromatic heterocycles. The van der Waals surface area contributed by atoms with Gasteiger partial charge in [-0.05, 0) is 74.0 Å². The van der Waals surface area contributed by atoms with Crippen LogP contribution in [0.25, 0.3) is 20.5 Å². The van der Waals surface area contributed by atoms with Gasteiger partial charge in [0.1, 0.15) is 18.1 Å². The number of aromatic hydroxyl groups is 2. The number of rotatable bonds is 7. The van der Waals surface area contributed by atoms with Crippen LogP contribution in [0.3, 0.4) is 0 Å². The first kappa shape index (κ1) is 22.3. The summed E-state index contributed by atoms with van der Waals surface area (Å²) in [6.07, 6.45) is 6.75. The second-order valence-corrected chi connectivity index (χ2v) is 9.42. The first-order valence-electron chi connectivity index (χ1n) is 11.4. The van der Waals surface area contributed by atoms with Crippen molar-refractivity contribution >= 4 is 27.2 Å². The van der Waals surface area contributed by atoms with Crippen LogP contribution in [0.5, 0.6) is 17.5 Å². The van der Waals surface area contributed by atoms with Crippen molar-refractivity contribution in [2.45, 2.75) is 19.3 Å².